The zero-order chi connectivity index (χ0) is 25.0. The summed E-state index contributed by atoms with van der Waals surface area (Å²) in [6.45, 7) is 2.88. The number of anilines is 2. The average molecular weight is 495 g/mol. The molecule has 0 saturated carbocycles. The first kappa shape index (κ1) is 26.1. The van der Waals surface area contributed by atoms with Crippen LogP contribution in [0.2, 0.25) is 5.02 Å². The van der Waals surface area contributed by atoms with Gasteiger partial charge in [0.15, 0.2) is 0 Å². The number of unbranched alkanes of at least 4 members (excludes halogenated alkanes) is 1. The number of hydrogen-bond donors (Lipinski definition) is 4. The van der Waals surface area contributed by atoms with Gasteiger partial charge in [0.05, 0.1) is 5.02 Å². The molecule has 1 atom stereocenters. The lowest BCUT2D eigenvalue weighted by atomic mass is 10.1. The molecule has 0 unspecified atom stereocenters. The minimum absolute atomic E-state index is 0.288. The molecule has 0 aliphatic carbocycles. The predicted molar refractivity (Wildman–Crippen MR) is 141 cm³/mol. The monoisotopic (exact) mass is 494 g/mol. The summed E-state index contributed by atoms with van der Waals surface area (Å²) in [5, 5.41) is 8.73. The van der Waals surface area contributed by atoms with E-state index in [0.29, 0.717) is 48.1 Å². The lowest BCUT2D eigenvalue weighted by Gasteiger charge is -2.19. The van der Waals surface area contributed by atoms with Crippen molar-refractivity contribution in [3.05, 3.63) is 88.9 Å². The maximum atomic E-state index is 12.8. The van der Waals surface area contributed by atoms with E-state index in [4.69, 9.17) is 22.1 Å². The van der Waals surface area contributed by atoms with Crippen molar-refractivity contribution in [2.45, 2.75) is 38.8 Å². The van der Waals surface area contributed by atoms with Gasteiger partial charge in [-0.25, -0.2) is 4.79 Å². The maximum absolute atomic E-state index is 12.8. The number of amides is 3. The summed E-state index contributed by atoms with van der Waals surface area (Å²) in [6.07, 6.45) is 1.94. The molecular formula is C27H31ClN4O3. The van der Waals surface area contributed by atoms with Crippen LogP contribution in [0.1, 0.15) is 30.4 Å². The van der Waals surface area contributed by atoms with Crippen LogP contribution in [0.15, 0.2) is 72.8 Å². The fraction of sp³-hybridized carbons (Fsp3) is 0.259. The molecule has 3 aromatic rings. The Bertz CT molecular complexity index is 1110. The molecule has 5 N–H and O–H groups in total. The summed E-state index contributed by atoms with van der Waals surface area (Å²) < 4.78 is 5.77. The van der Waals surface area contributed by atoms with Gasteiger partial charge in [0.25, 0.3) is 0 Å². The van der Waals surface area contributed by atoms with Crippen LogP contribution in [0.3, 0.4) is 0 Å². The molecule has 35 heavy (non-hydrogen) atoms. The smallest absolute Gasteiger partial charge is 0.319 e. The van der Waals surface area contributed by atoms with E-state index in [0.717, 1.165) is 17.5 Å². The van der Waals surface area contributed by atoms with Gasteiger partial charge >= 0.3 is 6.03 Å². The molecule has 0 saturated heterocycles. The van der Waals surface area contributed by atoms with E-state index in [-0.39, 0.29) is 5.91 Å². The number of nitrogens with two attached hydrogens (primary N) is 1. The van der Waals surface area contributed by atoms with Crippen LogP contribution in [0.4, 0.5) is 16.2 Å². The molecule has 0 aliphatic heterocycles. The first-order chi connectivity index (χ1) is 16.9. The van der Waals surface area contributed by atoms with Gasteiger partial charge < -0.3 is 26.4 Å². The number of carbonyl (C=O) groups excluding carboxylic acids is 2. The number of ether oxygens (including phenoxy) is 1. The third-order valence-corrected chi connectivity index (χ3v) is 5.61. The summed E-state index contributed by atoms with van der Waals surface area (Å²) in [7, 11) is 0. The number of hydrogen-bond acceptors (Lipinski definition) is 4. The Morgan fingerprint density at radius 2 is 1.66 bits per heavy atom. The van der Waals surface area contributed by atoms with Crippen molar-refractivity contribution >= 4 is 34.9 Å². The number of rotatable bonds is 11. The normalized spacial score (nSPS) is 11.4. The zero-order valence-electron chi connectivity index (χ0n) is 19.7. The minimum atomic E-state index is -0.716. The van der Waals surface area contributed by atoms with E-state index in [1.165, 1.54) is 0 Å². The highest BCUT2D eigenvalue weighted by atomic mass is 35.5. The molecule has 0 fully saturated rings. The highest BCUT2D eigenvalue weighted by Crippen LogP contribution is 2.28. The molecule has 0 aromatic heterocycles. The highest BCUT2D eigenvalue weighted by Gasteiger charge is 2.21. The van der Waals surface area contributed by atoms with Crippen molar-refractivity contribution in [3.63, 3.8) is 0 Å². The third-order valence-electron chi connectivity index (χ3n) is 5.31. The lowest BCUT2D eigenvalue weighted by molar-refractivity contribution is -0.118. The predicted octanol–water partition coefficient (Wildman–Crippen LogP) is 5.49. The molecule has 184 valence electrons. The fourth-order valence-electron chi connectivity index (χ4n) is 3.38. The number of benzene rings is 3. The van der Waals surface area contributed by atoms with Crippen LogP contribution in [0.25, 0.3) is 0 Å². The standard InChI is InChI=1S/C27H31ClN4O3/c1-19-10-12-21(13-11-19)30-26(33)24(9-5-6-16-29)32-27(34)31-22-14-15-25(23(28)17-22)35-18-20-7-3-2-4-8-20/h2-4,7-8,10-15,17,24H,5-6,9,16,18,29H2,1H3,(H,30,33)(H2,31,32,34)/t24-/m0/s1. The van der Waals surface area contributed by atoms with Gasteiger partial charge in [0, 0.05) is 11.4 Å². The fourth-order valence-corrected chi connectivity index (χ4v) is 3.62. The molecule has 7 nitrogen and oxygen atoms in total. The summed E-state index contributed by atoms with van der Waals surface area (Å²) in [4.78, 5) is 25.5. The van der Waals surface area contributed by atoms with Crippen molar-refractivity contribution in [2.75, 3.05) is 17.2 Å². The second-order valence-corrected chi connectivity index (χ2v) is 8.62. The van der Waals surface area contributed by atoms with Crippen LogP contribution >= 0.6 is 11.6 Å². The summed E-state index contributed by atoms with van der Waals surface area (Å²) >= 11 is 6.35. The van der Waals surface area contributed by atoms with E-state index in [1.807, 2.05) is 61.5 Å². The number of nitrogens with one attached hydrogen (secondary N) is 3. The van der Waals surface area contributed by atoms with Crippen LogP contribution < -0.4 is 26.4 Å². The number of aryl methyl sites for hydroxylation is 1. The van der Waals surface area contributed by atoms with E-state index in [2.05, 4.69) is 16.0 Å². The van der Waals surface area contributed by atoms with Gasteiger partial charge in [-0.2, -0.15) is 0 Å². The topological polar surface area (TPSA) is 105 Å². The Labute approximate surface area is 211 Å². The lowest BCUT2D eigenvalue weighted by Crippen LogP contribution is -2.45. The van der Waals surface area contributed by atoms with Gasteiger partial charge in [0.2, 0.25) is 5.91 Å². The SMILES string of the molecule is Cc1ccc(NC(=O)[C@H](CCCCN)NC(=O)Nc2ccc(OCc3ccccc3)c(Cl)c2)cc1. The Morgan fingerprint density at radius 1 is 0.943 bits per heavy atom. The molecule has 0 radical (unpaired) electrons. The minimum Gasteiger partial charge on any atom is -0.487 e. The average Bonchev–Trinajstić information content (AvgIpc) is 2.85. The van der Waals surface area contributed by atoms with Gasteiger partial charge in [-0.15, -0.1) is 0 Å². The molecule has 3 aromatic carbocycles. The first-order valence-corrected chi connectivity index (χ1v) is 11.9. The largest absolute Gasteiger partial charge is 0.487 e. The van der Waals surface area contributed by atoms with E-state index >= 15 is 0 Å². The van der Waals surface area contributed by atoms with Crippen molar-refractivity contribution in [1.82, 2.24) is 5.32 Å². The van der Waals surface area contributed by atoms with Gasteiger partial charge in [-0.3, -0.25) is 4.79 Å². The Morgan fingerprint density at radius 3 is 2.34 bits per heavy atom. The van der Waals surface area contributed by atoms with E-state index in [1.54, 1.807) is 18.2 Å². The van der Waals surface area contributed by atoms with Crippen LogP contribution in [-0.4, -0.2) is 24.5 Å². The van der Waals surface area contributed by atoms with Gasteiger partial charge in [-0.05, 0) is 68.6 Å². The molecule has 3 amide bonds. The molecule has 8 heteroatoms. The summed E-state index contributed by atoms with van der Waals surface area (Å²) in [5.41, 5.74) is 8.86. The van der Waals surface area contributed by atoms with Crippen molar-refractivity contribution in [3.8, 4) is 5.75 Å². The van der Waals surface area contributed by atoms with Crippen molar-refractivity contribution < 1.29 is 14.3 Å². The van der Waals surface area contributed by atoms with Gasteiger partial charge in [0.1, 0.15) is 18.4 Å². The quantitative estimate of drug-likeness (QED) is 0.265. The van der Waals surface area contributed by atoms with E-state index in [9.17, 15) is 9.59 Å². The maximum Gasteiger partial charge on any atom is 0.319 e. The van der Waals surface area contributed by atoms with Crippen LogP contribution in [0, 0.1) is 6.92 Å². The summed E-state index contributed by atoms with van der Waals surface area (Å²) in [5.74, 6) is 0.224. The number of carbonyl (C=O) groups is 2. The zero-order valence-corrected chi connectivity index (χ0v) is 20.5. The Balaban J connectivity index is 1.58. The number of halogens is 1. The molecule has 0 bridgehead atoms. The first-order valence-electron chi connectivity index (χ1n) is 11.6. The Kier molecular flexibility index (Phi) is 9.95. The molecule has 3 rings (SSSR count). The molecular weight excluding hydrogens is 464 g/mol. The van der Waals surface area contributed by atoms with E-state index < -0.39 is 12.1 Å². The molecule has 0 heterocycles. The molecule has 0 spiro atoms. The van der Waals surface area contributed by atoms with Crippen molar-refractivity contribution in [2.24, 2.45) is 5.73 Å². The second kappa shape index (κ2) is 13.4. The summed E-state index contributed by atoms with van der Waals surface area (Å²) in [6, 6.07) is 21.0. The number of urea groups is 1. The van der Waals surface area contributed by atoms with Crippen molar-refractivity contribution in [1.29, 1.82) is 0 Å². The van der Waals surface area contributed by atoms with Crippen LogP contribution in [0.5, 0.6) is 5.75 Å². The second-order valence-electron chi connectivity index (χ2n) is 8.21. The van der Waals surface area contributed by atoms with Gasteiger partial charge in [-0.1, -0.05) is 59.6 Å². The Hall–Kier alpha value is -3.55. The highest BCUT2D eigenvalue weighted by molar-refractivity contribution is 6.32. The third kappa shape index (κ3) is 8.63. The molecule has 0 aliphatic rings. The van der Waals surface area contributed by atoms with Crippen LogP contribution in [-0.2, 0) is 11.4 Å².